The summed E-state index contributed by atoms with van der Waals surface area (Å²) in [6, 6.07) is -1.52. The van der Waals surface area contributed by atoms with E-state index in [0.717, 1.165) is 38.5 Å². The molecule has 0 saturated heterocycles. The van der Waals surface area contributed by atoms with E-state index >= 15 is 0 Å². The van der Waals surface area contributed by atoms with E-state index in [9.17, 15) is 19.2 Å². The zero-order valence-corrected chi connectivity index (χ0v) is 20.1. The van der Waals surface area contributed by atoms with Crippen molar-refractivity contribution in [2.75, 3.05) is 25.7 Å². The zero-order chi connectivity index (χ0) is 22.8. The van der Waals surface area contributed by atoms with Crippen LogP contribution in [-0.4, -0.2) is 61.6 Å². The van der Waals surface area contributed by atoms with Gasteiger partial charge in [-0.05, 0) is 12.8 Å². The molecular formula is C20H36N2O6S2. The van der Waals surface area contributed by atoms with Gasteiger partial charge in [0.2, 0.25) is 11.8 Å². The molecule has 0 aliphatic rings. The molecule has 0 rings (SSSR count). The van der Waals surface area contributed by atoms with Gasteiger partial charge in [0.25, 0.3) is 0 Å². The van der Waals surface area contributed by atoms with Crippen LogP contribution in [0, 0.1) is 0 Å². The third-order valence-corrected chi connectivity index (χ3v) is 6.63. The fraction of sp³-hybridized carbons (Fsp3) is 0.800. The average Bonchev–Trinajstić information content (AvgIpc) is 2.74. The molecule has 0 aromatic carbocycles. The van der Waals surface area contributed by atoms with Crippen LogP contribution in [0.1, 0.15) is 65.2 Å². The molecular weight excluding hydrogens is 428 g/mol. The van der Waals surface area contributed by atoms with Gasteiger partial charge >= 0.3 is 11.9 Å². The van der Waals surface area contributed by atoms with Gasteiger partial charge in [-0.3, -0.25) is 9.59 Å². The molecule has 0 aromatic rings. The summed E-state index contributed by atoms with van der Waals surface area (Å²) < 4.78 is 9.53. The number of nitrogens with one attached hydrogen (secondary N) is 2. The molecule has 10 heteroatoms. The number of esters is 2. The number of methoxy groups -OCH3 is 2. The summed E-state index contributed by atoms with van der Waals surface area (Å²) in [6.07, 6.45) is 6.22. The van der Waals surface area contributed by atoms with Crippen molar-refractivity contribution in [3.05, 3.63) is 0 Å². The van der Waals surface area contributed by atoms with E-state index in [1.165, 1.54) is 35.8 Å². The largest absolute Gasteiger partial charge is 0.467 e. The fourth-order valence-corrected chi connectivity index (χ4v) is 4.76. The molecule has 8 nitrogen and oxygen atoms in total. The van der Waals surface area contributed by atoms with Crippen molar-refractivity contribution < 1.29 is 28.7 Å². The highest BCUT2D eigenvalue weighted by molar-refractivity contribution is 8.76. The molecule has 1 unspecified atom stereocenters. The van der Waals surface area contributed by atoms with Crippen molar-refractivity contribution in [2.45, 2.75) is 77.3 Å². The van der Waals surface area contributed by atoms with Gasteiger partial charge in [0.05, 0.1) is 14.2 Å². The highest BCUT2D eigenvalue weighted by atomic mass is 33.1. The van der Waals surface area contributed by atoms with E-state index in [0.29, 0.717) is 12.8 Å². The standard InChI is InChI=1S/C20H36N2O6S2/c1-5-7-9-11-17(23)21-15(19(25)27-3)13-29-30-14-16(20(26)28-4)22-18(24)12-10-8-6-2/h15-16H,5-14H2,1-4H3,(H,21,23)(H,22,24)/t15-,16?/m0/s1. The Morgan fingerprint density at radius 3 is 1.37 bits per heavy atom. The number of unbranched alkanes of at least 4 members (excludes halogenated alkanes) is 4. The second-order valence-electron chi connectivity index (χ2n) is 6.77. The third-order valence-electron chi connectivity index (χ3n) is 4.21. The van der Waals surface area contributed by atoms with Gasteiger partial charge in [-0.25, -0.2) is 9.59 Å². The minimum Gasteiger partial charge on any atom is -0.467 e. The minimum absolute atomic E-state index is 0.184. The quantitative estimate of drug-likeness (QED) is 0.192. The molecule has 2 N–H and O–H groups in total. The molecule has 0 saturated carbocycles. The lowest BCUT2D eigenvalue weighted by Crippen LogP contribution is -2.44. The van der Waals surface area contributed by atoms with Gasteiger partial charge in [0, 0.05) is 24.3 Å². The van der Waals surface area contributed by atoms with Gasteiger partial charge in [-0.1, -0.05) is 61.1 Å². The van der Waals surface area contributed by atoms with Crippen LogP contribution in [0.4, 0.5) is 0 Å². The van der Waals surface area contributed by atoms with Crippen molar-refractivity contribution in [1.82, 2.24) is 10.6 Å². The normalized spacial score (nSPS) is 12.5. The molecule has 2 atom stereocenters. The molecule has 30 heavy (non-hydrogen) atoms. The number of hydrogen-bond donors (Lipinski definition) is 2. The van der Waals surface area contributed by atoms with Crippen LogP contribution in [-0.2, 0) is 28.7 Å². The first-order valence-electron chi connectivity index (χ1n) is 10.4. The first kappa shape index (κ1) is 28.6. The van der Waals surface area contributed by atoms with Gasteiger partial charge in [-0.2, -0.15) is 0 Å². The Hall–Kier alpha value is -1.42. The predicted octanol–water partition coefficient (Wildman–Crippen LogP) is 2.84. The summed E-state index contributed by atoms with van der Waals surface area (Å²) in [6.45, 7) is 4.11. The summed E-state index contributed by atoms with van der Waals surface area (Å²) >= 11 is 0. The fourth-order valence-electron chi connectivity index (χ4n) is 2.46. The Balaban J connectivity index is 4.52. The molecule has 0 aliphatic heterocycles. The lowest BCUT2D eigenvalue weighted by atomic mass is 10.2. The second kappa shape index (κ2) is 18.4. The van der Waals surface area contributed by atoms with E-state index in [-0.39, 0.29) is 23.3 Å². The van der Waals surface area contributed by atoms with Gasteiger partial charge in [0.15, 0.2) is 0 Å². The van der Waals surface area contributed by atoms with Gasteiger partial charge in [0.1, 0.15) is 12.1 Å². The van der Waals surface area contributed by atoms with E-state index in [1.807, 2.05) is 0 Å². The Morgan fingerprint density at radius 2 is 1.07 bits per heavy atom. The molecule has 2 amide bonds. The van der Waals surface area contributed by atoms with Crippen LogP contribution in [0.2, 0.25) is 0 Å². The molecule has 0 fully saturated rings. The molecule has 174 valence electrons. The second-order valence-corrected chi connectivity index (χ2v) is 9.32. The van der Waals surface area contributed by atoms with Crippen molar-refractivity contribution in [1.29, 1.82) is 0 Å². The van der Waals surface area contributed by atoms with Crippen molar-refractivity contribution in [3.8, 4) is 0 Å². The Bertz CT molecular complexity index is 487. The van der Waals surface area contributed by atoms with E-state index < -0.39 is 24.0 Å². The van der Waals surface area contributed by atoms with E-state index in [4.69, 9.17) is 9.47 Å². The van der Waals surface area contributed by atoms with Crippen molar-refractivity contribution >= 4 is 45.3 Å². The molecule has 0 aliphatic carbocycles. The highest BCUT2D eigenvalue weighted by Crippen LogP contribution is 2.23. The van der Waals surface area contributed by atoms with Crippen LogP contribution >= 0.6 is 21.6 Å². The number of hydrogen-bond acceptors (Lipinski definition) is 8. The van der Waals surface area contributed by atoms with Crippen LogP contribution in [0.25, 0.3) is 0 Å². The first-order chi connectivity index (χ1) is 14.4. The number of amides is 2. The monoisotopic (exact) mass is 464 g/mol. The van der Waals surface area contributed by atoms with Crippen LogP contribution < -0.4 is 10.6 Å². The average molecular weight is 465 g/mol. The summed E-state index contributed by atoms with van der Waals surface area (Å²) in [4.78, 5) is 47.9. The minimum atomic E-state index is -0.762. The maximum Gasteiger partial charge on any atom is 0.329 e. The van der Waals surface area contributed by atoms with Crippen molar-refractivity contribution in [2.24, 2.45) is 0 Å². The Morgan fingerprint density at radius 1 is 0.700 bits per heavy atom. The predicted molar refractivity (Wildman–Crippen MR) is 121 cm³/mol. The maximum atomic E-state index is 12.0. The van der Waals surface area contributed by atoms with Gasteiger partial charge in [-0.15, -0.1) is 0 Å². The molecule has 0 heterocycles. The zero-order valence-electron chi connectivity index (χ0n) is 18.5. The third kappa shape index (κ3) is 13.7. The number of carbonyl (C=O) groups is 4. The summed E-state index contributed by atoms with van der Waals surface area (Å²) in [5, 5.41) is 5.40. The lowest BCUT2D eigenvalue weighted by molar-refractivity contribution is -0.144. The lowest BCUT2D eigenvalue weighted by Gasteiger charge is -2.18. The molecule has 0 aromatic heterocycles. The van der Waals surface area contributed by atoms with E-state index in [1.54, 1.807) is 0 Å². The molecule has 0 bridgehead atoms. The van der Waals surface area contributed by atoms with Gasteiger partial charge < -0.3 is 20.1 Å². The van der Waals surface area contributed by atoms with Crippen LogP contribution in [0.5, 0.6) is 0 Å². The summed E-state index contributed by atoms with van der Waals surface area (Å²) in [5.74, 6) is -0.821. The Labute approximate surface area is 187 Å². The summed E-state index contributed by atoms with van der Waals surface area (Å²) in [5.41, 5.74) is 0. The number of carbonyl (C=O) groups excluding carboxylic acids is 4. The topological polar surface area (TPSA) is 111 Å². The maximum absolute atomic E-state index is 12.0. The van der Waals surface area contributed by atoms with Crippen LogP contribution in [0.3, 0.4) is 0 Å². The van der Waals surface area contributed by atoms with E-state index in [2.05, 4.69) is 24.5 Å². The Kier molecular flexibility index (Phi) is 17.5. The van der Waals surface area contributed by atoms with Crippen LogP contribution in [0.15, 0.2) is 0 Å². The smallest absolute Gasteiger partial charge is 0.329 e. The number of rotatable bonds is 17. The van der Waals surface area contributed by atoms with Crippen molar-refractivity contribution in [3.63, 3.8) is 0 Å². The highest BCUT2D eigenvalue weighted by Gasteiger charge is 2.24. The molecule has 0 spiro atoms. The summed E-state index contributed by atoms with van der Waals surface area (Å²) in [7, 11) is 5.20. The SMILES string of the molecule is CCCCCC(=O)NC(CSSC[C@H](NC(=O)CCCCC)C(=O)OC)C(=O)OC. The first-order valence-corrected chi connectivity index (χ1v) is 12.9. The number of ether oxygens (including phenoxy) is 2. The molecule has 0 radical (unpaired) electrons.